The molecule has 20 heavy (non-hydrogen) atoms. The molecule has 0 saturated carbocycles. The summed E-state index contributed by atoms with van der Waals surface area (Å²) in [4.78, 5) is 13.7. The van der Waals surface area contributed by atoms with Crippen molar-refractivity contribution < 1.29 is 14.3 Å². The molecule has 1 saturated heterocycles. The van der Waals surface area contributed by atoms with E-state index in [2.05, 4.69) is 5.32 Å². The van der Waals surface area contributed by atoms with Crippen LogP contribution in [0.2, 0.25) is 0 Å². The van der Waals surface area contributed by atoms with Crippen molar-refractivity contribution >= 4 is 11.6 Å². The van der Waals surface area contributed by atoms with Gasteiger partial charge in [-0.25, -0.2) is 0 Å². The van der Waals surface area contributed by atoms with Crippen LogP contribution in [0.5, 0.6) is 0 Å². The third kappa shape index (κ3) is 3.49. The molecule has 1 amide bonds. The smallest absolute Gasteiger partial charge is 0.255 e. The highest BCUT2D eigenvalue weighted by molar-refractivity contribution is 5.99. The Balaban J connectivity index is 2.09. The first-order chi connectivity index (χ1) is 9.39. The number of rotatable bonds is 3. The first-order valence-electron chi connectivity index (χ1n) is 6.74. The molecule has 1 N–H and O–H groups in total. The molecule has 1 aliphatic rings. The summed E-state index contributed by atoms with van der Waals surface area (Å²) < 4.78 is 11.2. The van der Waals surface area contributed by atoms with E-state index in [-0.39, 0.29) is 11.9 Å². The highest BCUT2D eigenvalue weighted by Gasteiger charge is 2.28. The van der Waals surface area contributed by atoms with Gasteiger partial charge in [0.1, 0.15) is 0 Å². The molecule has 0 radical (unpaired) electrons. The van der Waals surface area contributed by atoms with Gasteiger partial charge in [-0.05, 0) is 26.0 Å². The average Bonchev–Trinajstić information content (AvgIpc) is 2.41. The fraction of sp³-hybridized carbons (Fsp3) is 0.533. The van der Waals surface area contributed by atoms with E-state index in [1.54, 1.807) is 19.0 Å². The van der Waals surface area contributed by atoms with Crippen molar-refractivity contribution in [2.45, 2.75) is 25.7 Å². The summed E-state index contributed by atoms with van der Waals surface area (Å²) in [5.41, 5.74) is 1.46. The number of nitrogens with zero attached hydrogens (tertiary/aromatic N) is 1. The van der Waals surface area contributed by atoms with E-state index in [4.69, 9.17) is 9.47 Å². The van der Waals surface area contributed by atoms with Crippen LogP contribution in [0, 0.1) is 0 Å². The number of hydrogen-bond donors (Lipinski definition) is 1. The van der Waals surface area contributed by atoms with Crippen molar-refractivity contribution in [1.29, 1.82) is 0 Å². The predicted molar refractivity (Wildman–Crippen MR) is 77.9 cm³/mol. The molecule has 0 unspecified atom stereocenters. The number of ether oxygens (including phenoxy) is 2. The number of carbonyl (C=O) groups excluding carboxylic acids is 1. The summed E-state index contributed by atoms with van der Waals surface area (Å²) in [5, 5.41) is 3.33. The van der Waals surface area contributed by atoms with Crippen LogP contribution >= 0.6 is 0 Å². The Kier molecular flexibility index (Phi) is 4.30. The van der Waals surface area contributed by atoms with Crippen molar-refractivity contribution in [1.82, 2.24) is 4.90 Å². The van der Waals surface area contributed by atoms with Gasteiger partial charge >= 0.3 is 0 Å². The molecular formula is C15H22N2O3. The van der Waals surface area contributed by atoms with Gasteiger partial charge in [-0.15, -0.1) is 0 Å². The second-order valence-electron chi connectivity index (χ2n) is 5.61. The summed E-state index contributed by atoms with van der Waals surface area (Å²) in [6, 6.07) is 7.52. The summed E-state index contributed by atoms with van der Waals surface area (Å²) in [5.74, 6) is -0.553. The van der Waals surface area contributed by atoms with Crippen LogP contribution in [0.25, 0.3) is 0 Å². The van der Waals surface area contributed by atoms with Gasteiger partial charge in [-0.2, -0.15) is 0 Å². The number of nitrogens with one attached hydrogen (secondary N) is 1. The quantitative estimate of drug-likeness (QED) is 0.918. The monoisotopic (exact) mass is 278 g/mol. The Morgan fingerprint density at radius 2 is 1.85 bits per heavy atom. The molecule has 1 aromatic rings. The van der Waals surface area contributed by atoms with Crippen molar-refractivity contribution in [2.24, 2.45) is 0 Å². The predicted octanol–water partition coefficient (Wildman–Crippen LogP) is 1.95. The third-order valence-electron chi connectivity index (χ3n) is 3.19. The average molecular weight is 278 g/mol. The Morgan fingerprint density at radius 1 is 1.25 bits per heavy atom. The van der Waals surface area contributed by atoms with E-state index in [1.807, 2.05) is 38.1 Å². The lowest BCUT2D eigenvalue weighted by Crippen LogP contribution is -2.45. The van der Waals surface area contributed by atoms with Crippen LogP contribution < -0.4 is 5.32 Å². The van der Waals surface area contributed by atoms with Gasteiger partial charge < -0.3 is 19.7 Å². The lowest BCUT2D eigenvalue weighted by Gasteiger charge is -2.35. The minimum absolute atomic E-state index is 0.0222. The SMILES string of the molecule is CN(C)C(=O)c1ccccc1NC1COC(C)(C)OC1. The second-order valence-corrected chi connectivity index (χ2v) is 5.61. The molecule has 1 aromatic carbocycles. The van der Waals surface area contributed by atoms with E-state index >= 15 is 0 Å². The van der Waals surface area contributed by atoms with Crippen LogP contribution in [0.3, 0.4) is 0 Å². The van der Waals surface area contributed by atoms with Crippen LogP contribution in [-0.2, 0) is 9.47 Å². The Hall–Kier alpha value is -1.59. The largest absolute Gasteiger partial charge is 0.377 e. The van der Waals surface area contributed by atoms with Gasteiger partial charge in [0.2, 0.25) is 0 Å². The van der Waals surface area contributed by atoms with Crippen molar-refractivity contribution in [3.63, 3.8) is 0 Å². The van der Waals surface area contributed by atoms with Gasteiger partial charge in [0, 0.05) is 19.8 Å². The van der Waals surface area contributed by atoms with E-state index in [1.165, 1.54) is 0 Å². The minimum Gasteiger partial charge on any atom is -0.377 e. The fourth-order valence-electron chi connectivity index (χ4n) is 2.03. The lowest BCUT2D eigenvalue weighted by atomic mass is 10.1. The van der Waals surface area contributed by atoms with Crippen LogP contribution in [-0.4, -0.2) is 49.9 Å². The number of carbonyl (C=O) groups is 1. The maximum atomic E-state index is 12.1. The minimum atomic E-state index is -0.531. The van der Waals surface area contributed by atoms with Gasteiger partial charge in [0.25, 0.3) is 5.91 Å². The zero-order valence-electron chi connectivity index (χ0n) is 12.5. The third-order valence-corrected chi connectivity index (χ3v) is 3.19. The topological polar surface area (TPSA) is 50.8 Å². The fourth-order valence-corrected chi connectivity index (χ4v) is 2.03. The molecule has 0 aromatic heterocycles. The normalized spacial score (nSPS) is 18.6. The summed E-state index contributed by atoms with van der Waals surface area (Å²) in [6.07, 6.45) is 0. The molecule has 110 valence electrons. The van der Waals surface area contributed by atoms with Gasteiger partial charge in [0.05, 0.1) is 24.8 Å². The summed E-state index contributed by atoms with van der Waals surface area (Å²) in [7, 11) is 3.49. The Morgan fingerprint density at radius 3 is 2.45 bits per heavy atom. The zero-order valence-corrected chi connectivity index (χ0v) is 12.5. The number of hydrogen-bond acceptors (Lipinski definition) is 4. The van der Waals surface area contributed by atoms with Crippen LogP contribution in [0.4, 0.5) is 5.69 Å². The highest BCUT2D eigenvalue weighted by Crippen LogP contribution is 2.22. The van der Waals surface area contributed by atoms with E-state index in [0.717, 1.165) is 5.69 Å². The molecular weight excluding hydrogens is 256 g/mol. The van der Waals surface area contributed by atoms with Crippen molar-refractivity contribution in [3.8, 4) is 0 Å². The molecule has 1 heterocycles. The molecule has 0 spiro atoms. The summed E-state index contributed by atoms with van der Waals surface area (Å²) in [6.45, 7) is 4.90. The molecule has 0 bridgehead atoms. The standard InChI is InChI=1S/C15H22N2O3/c1-15(2)19-9-11(10-20-15)16-13-8-6-5-7-12(13)14(18)17(3)4/h5-8,11,16H,9-10H2,1-4H3. The summed E-state index contributed by atoms with van der Waals surface area (Å²) >= 11 is 0. The Bertz CT molecular complexity index is 476. The van der Waals surface area contributed by atoms with E-state index in [0.29, 0.717) is 18.8 Å². The molecule has 0 atom stereocenters. The van der Waals surface area contributed by atoms with Crippen LogP contribution in [0.15, 0.2) is 24.3 Å². The first-order valence-corrected chi connectivity index (χ1v) is 6.74. The molecule has 1 aliphatic heterocycles. The van der Waals surface area contributed by atoms with Crippen molar-refractivity contribution in [2.75, 3.05) is 32.6 Å². The number of benzene rings is 1. The molecule has 5 nitrogen and oxygen atoms in total. The van der Waals surface area contributed by atoms with E-state index in [9.17, 15) is 4.79 Å². The number of para-hydroxylation sites is 1. The van der Waals surface area contributed by atoms with Gasteiger partial charge in [-0.3, -0.25) is 4.79 Å². The molecule has 5 heteroatoms. The maximum absolute atomic E-state index is 12.1. The first kappa shape index (κ1) is 14.8. The Labute approximate surface area is 119 Å². The number of amides is 1. The van der Waals surface area contributed by atoms with Gasteiger partial charge in [0.15, 0.2) is 5.79 Å². The molecule has 0 aliphatic carbocycles. The van der Waals surface area contributed by atoms with Crippen molar-refractivity contribution in [3.05, 3.63) is 29.8 Å². The molecule has 2 rings (SSSR count). The zero-order chi connectivity index (χ0) is 14.8. The van der Waals surface area contributed by atoms with Crippen LogP contribution in [0.1, 0.15) is 24.2 Å². The second kappa shape index (κ2) is 5.81. The van der Waals surface area contributed by atoms with Gasteiger partial charge in [-0.1, -0.05) is 12.1 Å². The molecule has 1 fully saturated rings. The maximum Gasteiger partial charge on any atom is 0.255 e. The number of anilines is 1. The van der Waals surface area contributed by atoms with E-state index < -0.39 is 5.79 Å². The highest BCUT2D eigenvalue weighted by atomic mass is 16.7. The lowest BCUT2D eigenvalue weighted by molar-refractivity contribution is -0.247.